The second-order valence-electron chi connectivity index (χ2n) is 18.2. The Hall–Kier alpha value is -5.90. The van der Waals surface area contributed by atoms with E-state index in [1.807, 2.05) is 212 Å². The largest absolute Gasteiger partial charge is 0.374 e. The molecule has 72 heavy (non-hydrogen) atoms. The lowest BCUT2D eigenvalue weighted by Gasteiger charge is -2.51. The molecule has 0 bridgehead atoms. The normalized spacial score (nSPS) is 26.1. The molecule has 3 saturated heterocycles. The van der Waals surface area contributed by atoms with E-state index < -0.39 is 67.7 Å². The number of hydrogen-bond donors (Lipinski definition) is 0. The van der Waals surface area contributed by atoms with E-state index in [-0.39, 0.29) is 46.2 Å². The lowest BCUT2D eigenvalue weighted by molar-refractivity contribution is -0.398. The summed E-state index contributed by atoms with van der Waals surface area (Å²) in [6.45, 7) is 1.96. The molecule has 0 aromatic heterocycles. The number of hydrogen-bond acceptors (Lipinski definition) is 11. The number of benzene rings is 7. The van der Waals surface area contributed by atoms with Gasteiger partial charge in [-0.3, -0.25) is 0 Å². The Morgan fingerprint density at radius 3 is 1.21 bits per heavy atom. The van der Waals surface area contributed by atoms with Gasteiger partial charge in [0.15, 0.2) is 18.9 Å². The van der Waals surface area contributed by atoms with Crippen LogP contribution in [-0.4, -0.2) is 74.6 Å². The van der Waals surface area contributed by atoms with Gasteiger partial charge >= 0.3 is 0 Å². The van der Waals surface area contributed by atoms with E-state index in [0.717, 1.165) is 38.9 Å². The highest BCUT2D eigenvalue weighted by Gasteiger charge is 2.56. The van der Waals surface area contributed by atoms with Gasteiger partial charge in [-0.25, -0.2) is 0 Å². The van der Waals surface area contributed by atoms with Crippen molar-refractivity contribution in [1.29, 1.82) is 0 Å². The predicted octanol–water partition coefficient (Wildman–Crippen LogP) is 10.7. The van der Waals surface area contributed by atoms with Gasteiger partial charge in [-0.1, -0.05) is 212 Å². The molecule has 0 N–H and O–H groups in total. The molecule has 11 nitrogen and oxygen atoms in total. The molecule has 0 amide bonds. The molecule has 0 saturated carbocycles. The van der Waals surface area contributed by atoms with E-state index in [1.54, 1.807) is 0 Å². The first kappa shape index (κ1) is 49.7. The SMILES string of the molecule is c1ccc(COCC2OC(OCc3ccccc3)C(OCc3ccccc3)C(OCc3ccccc3)C2OC2OC3COC(c4ccccc4)OC3C(OCc3ccccc3)C2OCc2ccccc2)cc1. The Balaban J connectivity index is 1.03. The van der Waals surface area contributed by atoms with Crippen molar-refractivity contribution in [2.24, 2.45) is 0 Å². The summed E-state index contributed by atoms with van der Waals surface area (Å²) >= 11 is 0. The quantitative estimate of drug-likeness (QED) is 0.0649. The third-order valence-corrected chi connectivity index (χ3v) is 13.0. The molecule has 3 fully saturated rings. The Labute approximate surface area is 422 Å². The summed E-state index contributed by atoms with van der Waals surface area (Å²) in [5, 5.41) is 0. The van der Waals surface area contributed by atoms with Gasteiger partial charge in [0.2, 0.25) is 0 Å². The van der Waals surface area contributed by atoms with E-state index in [9.17, 15) is 0 Å². The van der Waals surface area contributed by atoms with Crippen LogP contribution in [0, 0.1) is 0 Å². The maximum Gasteiger partial charge on any atom is 0.187 e. The number of fused-ring (bicyclic) bond motifs is 1. The van der Waals surface area contributed by atoms with Crippen LogP contribution in [0.15, 0.2) is 212 Å². The van der Waals surface area contributed by atoms with Crippen molar-refractivity contribution in [3.8, 4) is 0 Å². The molecule has 3 aliphatic rings. The van der Waals surface area contributed by atoms with Crippen molar-refractivity contribution in [1.82, 2.24) is 0 Å². The Morgan fingerprint density at radius 2 is 0.736 bits per heavy atom. The molecule has 10 rings (SSSR count). The maximum absolute atomic E-state index is 7.48. The Kier molecular flexibility index (Phi) is 17.7. The molecular weight excluding hydrogens is 909 g/mol. The summed E-state index contributed by atoms with van der Waals surface area (Å²) in [5.41, 5.74) is 6.81. The lowest BCUT2D eigenvalue weighted by Crippen LogP contribution is -2.67. The number of ether oxygens (including phenoxy) is 11. The monoisotopic (exact) mass is 970 g/mol. The van der Waals surface area contributed by atoms with Gasteiger partial charge in [0.25, 0.3) is 0 Å². The zero-order valence-electron chi connectivity index (χ0n) is 40.2. The molecule has 7 aromatic rings. The molecule has 7 aromatic carbocycles. The fourth-order valence-electron chi connectivity index (χ4n) is 9.32. The minimum absolute atomic E-state index is 0.120. The van der Waals surface area contributed by atoms with Crippen LogP contribution in [0.3, 0.4) is 0 Å². The highest BCUT2D eigenvalue weighted by Crippen LogP contribution is 2.40. The average Bonchev–Trinajstić information content (AvgIpc) is 3.45. The molecule has 0 radical (unpaired) electrons. The van der Waals surface area contributed by atoms with Crippen LogP contribution >= 0.6 is 0 Å². The second kappa shape index (κ2) is 25.7. The highest BCUT2D eigenvalue weighted by molar-refractivity contribution is 5.20. The van der Waals surface area contributed by atoms with Crippen LogP contribution in [0.2, 0.25) is 0 Å². The summed E-state index contributed by atoms with van der Waals surface area (Å²) < 4.78 is 76.4. The van der Waals surface area contributed by atoms with Crippen LogP contribution < -0.4 is 0 Å². The summed E-state index contributed by atoms with van der Waals surface area (Å²) in [6.07, 6.45) is -8.59. The first-order valence-electron chi connectivity index (χ1n) is 24.9. The third kappa shape index (κ3) is 13.4. The molecule has 372 valence electrons. The zero-order valence-corrected chi connectivity index (χ0v) is 40.2. The standard InChI is InChI=1S/C61H62O11/c1-8-22-44(23-9-1)36-62-42-51-53(55(63-37-45-24-10-2-11-25-45)57(65-39-47-28-14-4-15-29-47)60(69-51)67-41-49-32-18-6-19-33-49)72-61-58(66-40-48-30-16-5-17-31-48)56(64-38-46-26-12-3-13-27-46)54-52(70-61)43-68-59(71-54)50-34-20-7-21-35-50/h1-35,51-61H,36-43H2. The van der Waals surface area contributed by atoms with Crippen LogP contribution in [0.1, 0.15) is 45.2 Å². The van der Waals surface area contributed by atoms with Gasteiger partial charge in [0.1, 0.15) is 48.8 Å². The van der Waals surface area contributed by atoms with Gasteiger partial charge in [-0.05, 0) is 33.4 Å². The van der Waals surface area contributed by atoms with Crippen molar-refractivity contribution >= 4 is 0 Å². The van der Waals surface area contributed by atoms with Gasteiger partial charge in [-0.15, -0.1) is 0 Å². The average molecular weight is 971 g/mol. The summed E-state index contributed by atoms with van der Waals surface area (Å²) in [6, 6.07) is 70.2. The Bertz CT molecular complexity index is 2600. The summed E-state index contributed by atoms with van der Waals surface area (Å²) in [4.78, 5) is 0. The van der Waals surface area contributed by atoms with Gasteiger partial charge < -0.3 is 52.1 Å². The fraction of sp³-hybridized carbons (Fsp3) is 0.311. The van der Waals surface area contributed by atoms with Gasteiger partial charge in [0, 0.05) is 5.56 Å². The summed E-state index contributed by atoms with van der Waals surface area (Å²) in [7, 11) is 0. The van der Waals surface area contributed by atoms with Crippen molar-refractivity contribution in [2.75, 3.05) is 13.2 Å². The topological polar surface area (TPSA) is 102 Å². The van der Waals surface area contributed by atoms with Crippen molar-refractivity contribution < 1.29 is 52.1 Å². The Morgan fingerprint density at radius 1 is 0.347 bits per heavy atom. The zero-order chi connectivity index (χ0) is 48.6. The smallest absolute Gasteiger partial charge is 0.187 e. The van der Waals surface area contributed by atoms with Crippen LogP contribution in [-0.2, 0) is 91.7 Å². The molecule has 11 heteroatoms. The minimum atomic E-state index is -1.05. The van der Waals surface area contributed by atoms with Gasteiger partial charge in [-0.2, -0.15) is 0 Å². The molecular formula is C61H62O11. The van der Waals surface area contributed by atoms with Crippen molar-refractivity contribution in [3.05, 3.63) is 251 Å². The van der Waals surface area contributed by atoms with E-state index in [0.29, 0.717) is 6.61 Å². The van der Waals surface area contributed by atoms with Crippen LogP contribution in [0.4, 0.5) is 0 Å². The van der Waals surface area contributed by atoms with Crippen LogP contribution in [0.25, 0.3) is 0 Å². The first-order chi connectivity index (χ1) is 35.7. The molecule has 3 aliphatic heterocycles. The summed E-state index contributed by atoms with van der Waals surface area (Å²) in [5.74, 6) is 0. The van der Waals surface area contributed by atoms with E-state index in [1.165, 1.54) is 0 Å². The second-order valence-corrected chi connectivity index (χ2v) is 18.2. The van der Waals surface area contributed by atoms with Gasteiger partial charge in [0.05, 0.1) is 52.9 Å². The third-order valence-electron chi connectivity index (χ3n) is 13.0. The maximum atomic E-state index is 7.48. The molecule has 0 spiro atoms. The molecule has 0 aliphatic carbocycles. The molecule has 3 heterocycles. The highest BCUT2D eigenvalue weighted by atomic mass is 16.8. The number of rotatable bonds is 22. The minimum Gasteiger partial charge on any atom is -0.374 e. The lowest BCUT2D eigenvalue weighted by atomic mass is 9.95. The van der Waals surface area contributed by atoms with E-state index in [2.05, 4.69) is 0 Å². The predicted molar refractivity (Wildman–Crippen MR) is 270 cm³/mol. The van der Waals surface area contributed by atoms with Crippen molar-refractivity contribution in [3.63, 3.8) is 0 Å². The molecule has 11 unspecified atom stereocenters. The van der Waals surface area contributed by atoms with E-state index in [4.69, 9.17) is 52.1 Å². The van der Waals surface area contributed by atoms with Crippen LogP contribution in [0.5, 0.6) is 0 Å². The first-order valence-corrected chi connectivity index (χ1v) is 24.9. The fourth-order valence-corrected chi connectivity index (χ4v) is 9.32. The van der Waals surface area contributed by atoms with Crippen molar-refractivity contribution in [2.45, 2.75) is 107 Å². The molecule has 11 atom stereocenters. The van der Waals surface area contributed by atoms with E-state index >= 15 is 0 Å².